The highest BCUT2D eigenvalue weighted by atomic mass is 16.2. The second-order valence-electron chi connectivity index (χ2n) is 7.21. The third kappa shape index (κ3) is 3.40. The summed E-state index contributed by atoms with van der Waals surface area (Å²) in [7, 11) is 0. The van der Waals surface area contributed by atoms with E-state index in [1.165, 1.54) is 24.0 Å². The van der Waals surface area contributed by atoms with Crippen LogP contribution >= 0.6 is 0 Å². The van der Waals surface area contributed by atoms with Crippen molar-refractivity contribution in [2.45, 2.75) is 69.9 Å². The number of rotatable bonds is 4. The molecule has 2 aliphatic carbocycles. The van der Waals surface area contributed by atoms with Gasteiger partial charge < -0.3 is 16.4 Å². The van der Waals surface area contributed by atoms with Gasteiger partial charge in [0.05, 0.1) is 6.04 Å². The Kier molecular flexibility index (Phi) is 4.78. The number of aryl methyl sites for hydroxylation is 2. The predicted molar refractivity (Wildman–Crippen MR) is 93.6 cm³/mol. The third-order valence-electron chi connectivity index (χ3n) is 5.50. The van der Waals surface area contributed by atoms with Crippen LogP contribution in [0.5, 0.6) is 0 Å². The van der Waals surface area contributed by atoms with Crippen LogP contribution in [0, 0.1) is 0 Å². The van der Waals surface area contributed by atoms with Gasteiger partial charge >= 0.3 is 6.03 Å². The molecule has 0 heterocycles. The van der Waals surface area contributed by atoms with Crippen molar-refractivity contribution in [2.24, 2.45) is 5.73 Å². The summed E-state index contributed by atoms with van der Waals surface area (Å²) < 4.78 is 0. The van der Waals surface area contributed by atoms with Crippen molar-refractivity contribution >= 4 is 11.9 Å². The first-order valence-corrected chi connectivity index (χ1v) is 9.00. The summed E-state index contributed by atoms with van der Waals surface area (Å²) in [6.45, 7) is 1.97. The first kappa shape index (κ1) is 16.8. The largest absolute Gasteiger partial charge is 0.368 e. The maximum atomic E-state index is 12.4. The number of primary amides is 1. The number of fused-ring (bicyclic) bond motifs is 1. The fourth-order valence-corrected chi connectivity index (χ4v) is 3.97. The first-order chi connectivity index (χ1) is 11.5. The number of hydrogen-bond donors (Lipinski definition) is 3. The number of benzene rings is 1. The molecule has 0 aromatic heterocycles. The van der Waals surface area contributed by atoms with E-state index in [0.717, 1.165) is 31.2 Å². The van der Waals surface area contributed by atoms with Crippen LogP contribution in [-0.4, -0.2) is 17.5 Å². The van der Waals surface area contributed by atoms with Crippen molar-refractivity contribution in [3.8, 4) is 0 Å². The van der Waals surface area contributed by atoms with E-state index in [0.29, 0.717) is 12.8 Å². The molecule has 4 N–H and O–H groups in total. The minimum atomic E-state index is -0.875. The van der Waals surface area contributed by atoms with Crippen LogP contribution in [0.25, 0.3) is 0 Å². The van der Waals surface area contributed by atoms with Gasteiger partial charge in [-0.1, -0.05) is 31.0 Å². The maximum Gasteiger partial charge on any atom is 0.316 e. The molecule has 1 aromatic rings. The molecule has 0 radical (unpaired) electrons. The van der Waals surface area contributed by atoms with Crippen molar-refractivity contribution in [3.05, 3.63) is 34.9 Å². The average molecular weight is 329 g/mol. The highest BCUT2D eigenvalue weighted by Crippen LogP contribution is 2.29. The molecule has 1 unspecified atom stereocenters. The zero-order valence-electron chi connectivity index (χ0n) is 14.4. The number of carbonyl (C=O) groups excluding carboxylic acids is 2. The van der Waals surface area contributed by atoms with Crippen molar-refractivity contribution in [3.63, 3.8) is 0 Å². The topological polar surface area (TPSA) is 84.2 Å². The monoisotopic (exact) mass is 329 g/mol. The maximum absolute atomic E-state index is 12.4. The Labute approximate surface area is 143 Å². The summed E-state index contributed by atoms with van der Waals surface area (Å²) in [6.07, 6.45) is 7.86. The van der Waals surface area contributed by atoms with Crippen LogP contribution in [-0.2, 0) is 17.6 Å². The fraction of sp³-hybridized carbons (Fsp3) is 0.579. The van der Waals surface area contributed by atoms with E-state index in [1.807, 2.05) is 6.92 Å². The predicted octanol–water partition coefficient (Wildman–Crippen LogP) is 2.72. The summed E-state index contributed by atoms with van der Waals surface area (Å²) in [5.41, 5.74) is 8.58. The van der Waals surface area contributed by atoms with Gasteiger partial charge in [0.1, 0.15) is 5.54 Å². The third-order valence-corrected chi connectivity index (χ3v) is 5.50. The average Bonchev–Trinajstić information content (AvgIpc) is 3.04. The summed E-state index contributed by atoms with van der Waals surface area (Å²) in [5, 5.41) is 5.78. The lowest BCUT2D eigenvalue weighted by Gasteiger charge is -2.28. The summed E-state index contributed by atoms with van der Waals surface area (Å²) in [4.78, 5) is 24.1. The molecule has 1 atom stereocenters. The van der Waals surface area contributed by atoms with Gasteiger partial charge in [-0.2, -0.15) is 0 Å². The molecule has 1 aromatic carbocycles. The molecule has 0 spiro atoms. The summed E-state index contributed by atoms with van der Waals surface area (Å²) >= 11 is 0. The number of carbonyl (C=O) groups is 2. The zero-order valence-corrected chi connectivity index (χ0v) is 14.4. The van der Waals surface area contributed by atoms with Crippen LogP contribution < -0.4 is 16.4 Å². The van der Waals surface area contributed by atoms with Gasteiger partial charge in [-0.05, 0) is 62.1 Å². The molecule has 0 aliphatic heterocycles. The molecule has 3 amide bonds. The van der Waals surface area contributed by atoms with Gasteiger partial charge in [0, 0.05) is 0 Å². The molecule has 0 bridgehead atoms. The second-order valence-corrected chi connectivity index (χ2v) is 7.21. The van der Waals surface area contributed by atoms with Gasteiger partial charge in [0.15, 0.2) is 0 Å². The highest BCUT2D eigenvalue weighted by molar-refractivity contribution is 5.90. The SMILES string of the molecule is CC(NC(=O)NC1(C(N)=O)CCCC1)c1ccc2c(c1)CCCC2. The van der Waals surface area contributed by atoms with Gasteiger partial charge in [0.25, 0.3) is 0 Å². The van der Waals surface area contributed by atoms with Crippen molar-refractivity contribution < 1.29 is 9.59 Å². The Hall–Kier alpha value is -2.04. The van der Waals surface area contributed by atoms with E-state index in [4.69, 9.17) is 5.73 Å². The van der Waals surface area contributed by atoms with Gasteiger partial charge in [0.2, 0.25) is 5.91 Å². The summed E-state index contributed by atoms with van der Waals surface area (Å²) in [6, 6.07) is 6.05. The Morgan fingerprint density at radius 2 is 1.75 bits per heavy atom. The summed E-state index contributed by atoms with van der Waals surface area (Å²) in [5.74, 6) is -0.434. The van der Waals surface area contributed by atoms with Gasteiger partial charge in [-0.3, -0.25) is 4.79 Å². The quantitative estimate of drug-likeness (QED) is 0.793. The van der Waals surface area contributed by atoms with E-state index in [-0.39, 0.29) is 12.1 Å². The molecular formula is C19H27N3O2. The van der Waals surface area contributed by atoms with Crippen LogP contribution in [0.4, 0.5) is 4.79 Å². The van der Waals surface area contributed by atoms with Gasteiger partial charge in [-0.25, -0.2) is 4.79 Å². The molecule has 5 nitrogen and oxygen atoms in total. The lowest BCUT2D eigenvalue weighted by atomic mass is 9.89. The molecular weight excluding hydrogens is 302 g/mol. The normalized spacial score (nSPS) is 20.0. The van der Waals surface area contributed by atoms with E-state index >= 15 is 0 Å². The molecule has 3 rings (SSSR count). The van der Waals surface area contributed by atoms with E-state index < -0.39 is 11.4 Å². The van der Waals surface area contributed by atoms with Crippen LogP contribution in [0.1, 0.15) is 68.2 Å². The van der Waals surface area contributed by atoms with Crippen LogP contribution in [0.2, 0.25) is 0 Å². The number of urea groups is 1. The van der Waals surface area contributed by atoms with Crippen molar-refractivity contribution in [2.75, 3.05) is 0 Å². The lowest BCUT2D eigenvalue weighted by Crippen LogP contribution is -2.58. The Balaban J connectivity index is 1.65. The Morgan fingerprint density at radius 1 is 1.08 bits per heavy atom. The number of nitrogens with one attached hydrogen (secondary N) is 2. The number of nitrogens with two attached hydrogens (primary N) is 1. The van der Waals surface area contributed by atoms with Crippen molar-refractivity contribution in [1.29, 1.82) is 0 Å². The van der Waals surface area contributed by atoms with Crippen LogP contribution in [0.3, 0.4) is 0 Å². The van der Waals surface area contributed by atoms with E-state index in [1.54, 1.807) is 0 Å². The molecule has 2 aliphatic rings. The minimum Gasteiger partial charge on any atom is -0.368 e. The molecule has 1 saturated carbocycles. The zero-order chi connectivity index (χ0) is 17.2. The fourth-order valence-electron chi connectivity index (χ4n) is 3.97. The molecule has 24 heavy (non-hydrogen) atoms. The Bertz CT molecular complexity index is 635. The first-order valence-electron chi connectivity index (χ1n) is 9.00. The molecule has 5 heteroatoms. The van der Waals surface area contributed by atoms with E-state index in [9.17, 15) is 9.59 Å². The highest BCUT2D eigenvalue weighted by Gasteiger charge is 2.41. The van der Waals surface area contributed by atoms with Crippen molar-refractivity contribution in [1.82, 2.24) is 10.6 Å². The Morgan fingerprint density at radius 3 is 2.42 bits per heavy atom. The van der Waals surface area contributed by atoms with E-state index in [2.05, 4.69) is 28.8 Å². The number of amides is 3. The van der Waals surface area contributed by atoms with Crippen LogP contribution in [0.15, 0.2) is 18.2 Å². The molecule has 0 saturated heterocycles. The number of hydrogen-bond acceptors (Lipinski definition) is 2. The lowest BCUT2D eigenvalue weighted by molar-refractivity contribution is -0.123. The second kappa shape index (κ2) is 6.83. The smallest absolute Gasteiger partial charge is 0.316 e. The minimum absolute atomic E-state index is 0.108. The van der Waals surface area contributed by atoms with Gasteiger partial charge in [-0.15, -0.1) is 0 Å². The molecule has 130 valence electrons. The standard InChI is InChI=1S/C19H27N3O2/c1-13(15-9-8-14-6-2-3-7-16(14)12-15)21-18(24)22-19(17(20)23)10-4-5-11-19/h8-9,12-13H,2-7,10-11H2,1H3,(H2,20,23)(H2,21,22,24). The molecule has 1 fully saturated rings.